The molecule has 0 N–H and O–H groups in total. The summed E-state index contributed by atoms with van der Waals surface area (Å²) in [7, 11) is 0. The van der Waals surface area contributed by atoms with Gasteiger partial charge in [0.05, 0.1) is 10.1 Å². The third-order valence-electron chi connectivity index (χ3n) is 2.90. The zero-order valence-corrected chi connectivity index (χ0v) is 14.3. The molecule has 0 aromatic carbocycles. The summed E-state index contributed by atoms with van der Waals surface area (Å²) in [5, 5.41) is 0.608. The zero-order valence-electron chi connectivity index (χ0n) is 11.2. The van der Waals surface area contributed by atoms with Gasteiger partial charge in [-0.3, -0.25) is 4.79 Å². The molecule has 20 heavy (non-hydrogen) atoms. The lowest BCUT2D eigenvalue weighted by molar-refractivity contribution is 0.102. The van der Waals surface area contributed by atoms with Crippen LogP contribution >= 0.6 is 46.3 Å². The molecule has 2 heterocycles. The minimum atomic E-state index is -0.0670. The van der Waals surface area contributed by atoms with Gasteiger partial charge in [0.25, 0.3) is 0 Å². The number of hydrogen-bond donors (Lipinski definition) is 0. The van der Waals surface area contributed by atoms with E-state index in [0.717, 1.165) is 17.0 Å². The van der Waals surface area contributed by atoms with Crippen LogP contribution in [0.25, 0.3) is 0 Å². The molecule has 7 heteroatoms. The summed E-state index contributed by atoms with van der Waals surface area (Å²) < 4.78 is 0.944. The molecule has 0 saturated heterocycles. The molecule has 0 aliphatic rings. The second-order valence-electron chi connectivity index (χ2n) is 4.25. The minimum Gasteiger partial charge on any atom is -0.293 e. The molecule has 0 amide bonds. The van der Waals surface area contributed by atoms with Crippen molar-refractivity contribution in [3.8, 4) is 0 Å². The zero-order chi connectivity index (χ0) is 14.9. The van der Waals surface area contributed by atoms with Crippen LogP contribution in [0.2, 0.25) is 8.67 Å². The second-order valence-corrected chi connectivity index (χ2v) is 7.48. The fourth-order valence-corrected chi connectivity index (χ4v) is 3.86. The Labute approximate surface area is 135 Å². The van der Waals surface area contributed by atoms with Gasteiger partial charge in [-0.25, -0.2) is 9.97 Å². The molecule has 0 aliphatic heterocycles. The first-order valence-corrected chi connectivity index (χ1v) is 8.37. The normalized spacial score (nSPS) is 10.8. The van der Waals surface area contributed by atoms with Crippen molar-refractivity contribution >= 4 is 52.1 Å². The van der Waals surface area contributed by atoms with Crippen LogP contribution in [0, 0.1) is 20.8 Å². The Bertz CT molecular complexity index is 647. The van der Waals surface area contributed by atoms with Crippen molar-refractivity contribution in [3.05, 3.63) is 37.3 Å². The van der Waals surface area contributed by atoms with Crippen LogP contribution in [0.15, 0.2) is 11.2 Å². The number of hydrogen-bond acceptors (Lipinski definition) is 5. The molecule has 0 radical (unpaired) electrons. The third-order valence-corrected chi connectivity index (χ3v) is 5.24. The highest BCUT2D eigenvalue weighted by Gasteiger charge is 2.15. The van der Waals surface area contributed by atoms with Crippen LogP contribution in [0.3, 0.4) is 0 Å². The first kappa shape index (κ1) is 15.8. The van der Waals surface area contributed by atoms with Gasteiger partial charge in [-0.1, -0.05) is 35.0 Å². The lowest BCUT2D eigenvalue weighted by Gasteiger charge is -2.06. The number of Topliss-reactive ketones (excluding diaryl/α,β-unsaturated/α-hetero) is 1. The van der Waals surface area contributed by atoms with Gasteiger partial charge in [0.15, 0.2) is 10.9 Å². The van der Waals surface area contributed by atoms with Gasteiger partial charge >= 0.3 is 0 Å². The number of thioether (sulfide) groups is 1. The van der Waals surface area contributed by atoms with Crippen molar-refractivity contribution in [3.63, 3.8) is 0 Å². The molecule has 0 saturated carbocycles. The minimum absolute atomic E-state index is 0.0670. The second kappa shape index (κ2) is 6.43. The van der Waals surface area contributed by atoms with Gasteiger partial charge in [-0.05, 0) is 32.4 Å². The Morgan fingerprint density at radius 2 is 1.85 bits per heavy atom. The van der Waals surface area contributed by atoms with E-state index in [9.17, 15) is 4.79 Å². The molecular formula is C13H12Cl2N2OS2. The summed E-state index contributed by atoms with van der Waals surface area (Å²) >= 11 is 14.3. The number of nitrogens with zero attached hydrogens (tertiary/aromatic N) is 2. The Hall–Kier alpha value is -0.620. The van der Waals surface area contributed by atoms with Crippen molar-refractivity contribution < 1.29 is 4.79 Å². The van der Waals surface area contributed by atoms with Gasteiger partial charge in [-0.2, -0.15) is 0 Å². The van der Waals surface area contributed by atoms with Gasteiger partial charge in [0.1, 0.15) is 4.34 Å². The molecule has 0 bridgehead atoms. The quantitative estimate of drug-likeness (QED) is 0.455. The van der Waals surface area contributed by atoms with Crippen LogP contribution in [0.1, 0.15) is 27.3 Å². The van der Waals surface area contributed by atoms with Crippen molar-refractivity contribution in [1.82, 2.24) is 9.97 Å². The molecule has 0 fully saturated rings. The molecule has 0 atom stereocenters. The predicted molar refractivity (Wildman–Crippen MR) is 85.6 cm³/mol. The molecule has 106 valence electrons. The highest BCUT2D eigenvalue weighted by atomic mass is 35.5. The smallest absolute Gasteiger partial charge is 0.188 e. The predicted octanol–water partition coefficient (Wildman–Crippen LogP) is 4.75. The van der Waals surface area contributed by atoms with E-state index in [1.807, 2.05) is 20.8 Å². The van der Waals surface area contributed by atoms with Crippen LogP contribution < -0.4 is 0 Å². The van der Waals surface area contributed by atoms with E-state index < -0.39 is 0 Å². The topological polar surface area (TPSA) is 42.9 Å². The fraction of sp³-hybridized carbons (Fsp3) is 0.308. The van der Waals surface area contributed by atoms with Gasteiger partial charge in [-0.15, -0.1) is 11.3 Å². The Morgan fingerprint density at radius 1 is 1.25 bits per heavy atom. The molecule has 0 aliphatic carbocycles. The maximum atomic E-state index is 12.1. The summed E-state index contributed by atoms with van der Waals surface area (Å²) in [6, 6.07) is 1.60. The number of ketones is 1. The fourth-order valence-electron chi connectivity index (χ4n) is 1.54. The largest absolute Gasteiger partial charge is 0.293 e. The van der Waals surface area contributed by atoms with Gasteiger partial charge in [0, 0.05) is 17.0 Å². The van der Waals surface area contributed by atoms with E-state index in [4.69, 9.17) is 23.2 Å². The molecule has 2 rings (SSSR count). The van der Waals surface area contributed by atoms with E-state index in [0.29, 0.717) is 19.4 Å². The maximum absolute atomic E-state index is 12.1. The first-order valence-electron chi connectivity index (χ1n) is 5.81. The van der Waals surface area contributed by atoms with Crippen molar-refractivity contribution in [1.29, 1.82) is 0 Å². The monoisotopic (exact) mass is 346 g/mol. The van der Waals surface area contributed by atoms with E-state index in [1.54, 1.807) is 6.07 Å². The van der Waals surface area contributed by atoms with Crippen molar-refractivity contribution in [2.24, 2.45) is 0 Å². The number of rotatable bonds is 4. The Kier molecular flexibility index (Phi) is 5.07. The van der Waals surface area contributed by atoms with Crippen molar-refractivity contribution in [2.75, 3.05) is 5.75 Å². The SMILES string of the molecule is Cc1nc(SCC(=O)c2cc(Cl)sc2Cl)nc(C)c1C. The van der Waals surface area contributed by atoms with E-state index in [2.05, 4.69) is 9.97 Å². The Balaban J connectivity index is 2.09. The van der Waals surface area contributed by atoms with Gasteiger partial charge in [0.2, 0.25) is 0 Å². The average molecular weight is 347 g/mol. The lowest BCUT2D eigenvalue weighted by Crippen LogP contribution is -2.04. The molecule has 0 unspecified atom stereocenters. The maximum Gasteiger partial charge on any atom is 0.188 e. The molecule has 2 aromatic rings. The van der Waals surface area contributed by atoms with Crippen molar-refractivity contribution in [2.45, 2.75) is 25.9 Å². The number of aromatic nitrogens is 2. The Morgan fingerprint density at radius 3 is 2.35 bits per heavy atom. The summed E-state index contributed by atoms with van der Waals surface area (Å²) in [5.41, 5.74) is 3.41. The molecular weight excluding hydrogens is 335 g/mol. The summed E-state index contributed by atoms with van der Waals surface area (Å²) in [6.07, 6.45) is 0. The number of carbonyl (C=O) groups excluding carboxylic acids is 1. The highest BCUT2D eigenvalue weighted by molar-refractivity contribution is 7.99. The van der Waals surface area contributed by atoms with E-state index in [1.165, 1.54) is 23.1 Å². The first-order chi connectivity index (χ1) is 9.38. The standard InChI is InChI=1S/C13H12Cl2N2OS2/c1-6-7(2)16-13(17-8(6)3)19-5-10(18)9-4-11(14)20-12(9)15/h4H,5H2,1-3H3. The summed E-state index contributed by atoms with van der Waals surface area (Å²) in [4.78, 5) is 20.8. The summed E-state index contributed by atoms with van der Waals surface area (Å²) in [5.74, 6) is 0.178. The average Bonchev–Trinajstić information content (AvgIpc) is 2.72. The van der Waals surface area contributed by atoms with E-state index in [-0.39, 0.29) is 11.5 Å². The van der Waals surface area contributed by atoms with Crippen LogP contribution in [-0.4, -0.2) is 21.5 Å². The number of thiophene rings is 1. The molecule has 2 aromatic heterocycles. The van der Waals surface area contributed by atoms with Crippen LogP contribution in [0.4, 0.5) is 0 Å². The van der Waals surface area contributed by atoms with Gasteiger partial charge < -0.3 is 0 Å². The number of halogens is 2. The third kappa shape index (κ3) is 3.52. The molecule has 3 nitrogen and oxygen atoms in total. The highest BCUT2D eigenvalue weighted by Crippen LogP contribution is 2.32. The number of carbonyl (C=O) groups is 1. The summed E-state index contributed by atoms with van der Waals surface area (Å²) in [6.45, 7) is 5.86. The van der Waals surface area contributed by atoms with E-state index >= 15 is 0 Å². The number of aryl methyl sites for hydroxylation is 2. The molecule has 0 spiro atoms. The van der Waals surface area contributed by atoms with Crippen LogP contribution in [-0.2, 0) is 0 Å². The van der Waals surface area contributed by atoms with Crippen LogP contribution in [0.5, 0.6) is 0 Å². The lowest BCUT2D eigenvalue weighted by atomic mass is 10.2.